The van der Waals surface area contributed by atoms with Gasteiger partial charge < -0.3 is 11.1 Å². The molecule has 0 unspecified atom stereocenters. The van der Waals surface area contributed by atoms with Crippen molar-refractivity contribution in [1.82, 2.24) is 4.98 Å². The van der Waals surface area contributed by atoms with Crippen LogP contribution in [0.25, 0.3) is 10.2 Å². The van der Waals surface area contributed by atoms with Crippen LogP contribution in [-0.2, 0) is 0 Å². The molecule has 4 nitrogen and oxygen atoms in total. The van der Waals surface area contributed by atoms with Crippen LogP contribution in [0.2, 0.25) is 5.02 Å². The summed E-state index contributed by atoms with van der Waals surface area (Å²) in [7, 11) is 0. The van der Waals surface area contributed by atoms with Crippen LogP contribution >= 0.6 is 22.9 Å². The Morgan fingerprint density at radius 3 is 2.90 bits per heavy atom. The van der Waals surface area contributed by atoms with Gasteiger partial charge >= 0.3 is 0 Å². The lowest BCUT2D eigenvalue weighted by Gasteiger charge is -2.06. The minimum atomic E-state index is -0.676. The van der Waals surface area contributed by atoms with E-state index >= 15 is 0 Å². The van der Waals surface area contributed by atoms with Gasteiger partial charge in [-0.05, 0) is 24.3 Å². The number of fused-ring (bicyclic) bond motifs is 1. The second-order valence-electron chi connectivity index (χ2n) is 4.25. The summed E-state index contributed by atoms with van der Waals surface area (Å²) in [5, 5.41) is 2.42. The number of carbonyl (C=O) groups excluding carboxylic acids is 1. The number of nitrogens with zero attached hydrogens (tertiary/aromatic N) is 1. The predicted molar refractivity (Wildman–Crippen MR) is 83.4 cm³/mol. The zero-order valence-corrected chi connectivity index (χ0v) is 12.1. The Balaban J connectivity index is 1.97. The number of hydrogen-bond donors (Lipinski definition) is 2. The number of carbonyl (C=O) groups is 1. The highest BCUT2D eigenvalue weighted by Gasteiger charge is 2.18. The van der Waals surface area contributed by atoms with Gasteiger partial charge in [0.05, 0.1) is 21.1 Å². The smallest absolute Gasteiger partial charge is 0.268 e. The first-order valence-electron chi connectivity index (χ1n) is 5.96. The molecule has 0 saturated heterocycles. The van der Waals surface area contributed by atoms with Crippen molar-refractivity contribution < 1.29 is 9.18 Å². The summed E-state index contributed by atoms with van der Waals surface area (Å²) in [4.78, 5) is 16.7. The molecule has 2 aromatic heterocycles. The third-order valence-corrected chi connectivity index (χ3v) is 4.34. The normalized spacial score (nSPS) is 10.8. The Hall–Kier alpha value is -2.18. The van der Waals surface area contributed by atoms with E-state index in [0.29, 0.717) is 10.4 Å². The monoisotopic (exact) mass is 321 g/mol. The third-order valence-electron chi connectivity index (χ3n) is 2.89. The van der Waals surface area contributed by atoms with E-state index in [1.807, 2.05) is 6.07 Å². The van der Waals surface area contributed by atoms with Gasteiger partial charge in [0.2, 0.25) is 0 Å². The molecule has 7 heteroatoms. The van der Waals surface area contributed by atoms with Crippen LogP contribution < -0.4 is 11.1 Å². The number of thiophene rings is 1. The quantitative estimate of drug-likeness (QED) is 0.751. The van der Waals surface area contributed by atoms with Gasteiger partial charge in [0, 0.05) is 6.20 Å². The lowest BCUT2D eigenvalue weighted by atomic mass is 10.2. The van der Waals surface area contributed by atoms with Gasteiger partial charge in [0.15, 0.2) is 5.82 Å². The van der Waals surface area contributed by atoms with Crippen LogP contribution in [0.3, 0.4) is 0 Å². The number of nitrogens with one attached hydrogen (secondary N) is 1. The van der Waals surface area contributed by atoms with E-state index < -0.39 is 11.7 Å². The van der Waals surface area contributed by atoms with E-state index in [0.717, 1.165) is 4.70 Å². The molecule has 0 fully saturated rings. The first kappa shape index (κ1) is 13.8. The average molecular weight is 322 g/mol. The molecule has 106 valence electrons. The molecular formula is C14H9ClFN3OS. The first-order valence-corrected chi connectivity index (χ1v) is 7.15. The topological polar surface area (TPSA) is 68.0 Å². The highest BCUT2D eigenvalue weighted by Crippen LogP contribution is 2.32. The number of benzene rings is 1. The molecule has 0 aliphatic rings. The Morgan fingerprint density at radius 1 is 1.33 bits per heavy atom. The molecule has 2 heterocycles. The molecule has 0 aliphatic carbocycles. The van der Waals surface area contributed by atoms with Crippen LogP contribution in [-0.4, -0.2) is 10.9 Å². The zero-order chi connectivity index (χ0) is 15.0. The van der Waals surface area contributed by atoms with E-state index in [1.54, 1.807) is 18.3 Å². The number of amides is 1. The van der Waals surface area contributed by atoms with Crippen molar-refractivity contribution >= 4 is 50.4 Å². The van der Waals surface area contributed by atoms with E-state index in [-0.39, 0.29) is 16.4 Å². The molecule has 21 heavy (non-hydrogen) atoms. The van der Waals surface area contributed by atoms with Crippen molar-refractivity contribution in [2.45, 2.75) is 0 Å². The van der Waals surface area contributed by atoms with Crippen molar-refractivity contribution in [2.75, 3.05) is 11.1 Å². The van der Waals surface area contributed by atoms with Crippen molar-refractivity contribution in [1.29, 1.82) is 0 Å². The molecule has 0 atom stereocenters. The molecule has 1 aromatic carbocycles. The fourth-order valence-corrected chi connectivity index (χ4v) is 3.05. The molecule has 0 bridgehead atoms. The Bertz CT molecular complexity index is 849. The number of nitrogens with two attached hydrogens (primary N) is 1. The van der Waals surface area contributed by atoms with Crippen molar-refractivity contribution in [3.8, 4) is 0 Å². The first-order chi connectivity index (χ1) is 10.1. The van der Waals surface area contributed by atoms with Gasteiger partial charge in [-0.25, -0.2) is 4.39 Å². The highest BCUT2D eigenvalue weighted by atomic mass is 35.5. The van der Waals surface area contributed by atoms with Crippen LogP contribution in [0.1, 0.15) is 9.67 Å². The summed E-state index contributed by atoms with van der Waals surface area (Å²) < 4.78 is 14.6. The van der Waals surface area contributed by atoms with Gasteiger partial charge in [-0.1, -0.05) is 17.7 Å². The number of anilines is 2. The lowest BCUT2D eigenvalue weighted by Crippen LogP contribution is -2.13. The van der Waals surface area contributed by atoms with Crippen LogP contribution in [0, 0.1) is 5.82 Å². The molecular weight excluding hydrogens is 313 g/mol. The Morgan fingerprint density at radius 2 is 2.14 bits per heavy atom. The van der Waals surface area contributed by atoms with E-state index in [9.17, 15) is 9.18 Å². The van der Waals surface area contributed by atoms with Crippen LogP contribution in [0.4, 0.5) is 15.8 Å². The van der Waals surface area contributed by atoms with Gasteiger partial charge in [0.25, 0.3) is 5.91 Å². The summed E-state index contributed by atoms with van der Waals surface area (Å²) in [6.07, 6.45) is 1.60. The van der Waals surface area contributed by atoms with Crippen LogP contribution in [0.5, 0.6) is 0 Å². The fraction of sp³-hybridized carbons (Fsp3) is 0. The summed E-state index contributed by atoms with van der Waals surface area (Å²) in [6.45, 7) is 0. The number of aromatic nitrogens is 1. The van der Waals surface area contributed by atoms with Crippen LogP contribution in [0.15, 0.2) is 36.5 Å². The second-order valence-corrected chi connectivity index (χ2v) is 5.71. The number of hydrogen-bond acceptors (Lipinski definition) is 4. The second kappa shape index (κ2) is 5.31. The fourth-order valence-electron chi connectivity index (χ4n) is 1.90. The van der Waals surface area contributed by atoms with E-state index in [4.69, 9.17) is 17.3 Å². The molecule has 0 spiro atoms. The molecule has 3 N–H and O–H groups in total. The predicted octanol–water partition coefficient (Wildman–Crippen LogP) is 3.92. The van der Waals surface area contributed by atoms with Gasteiger partial charge in [-0.15, -0.1) is 11.3 Å². The van der Waals surface area contributed by atoms with Gasteiger partial charge in [-0.3, -0.25) is 9.78 Å². The Labute approximate surface area is 128 Å². The molecule has 0 radical (unpaired) electrons. The number of halogens is 2. The maximum absolute atomic E-state index is 13.8. The van der Waals surface area contributed by atoms with Gasteiger partial charge in [0.1, 0.15) is 10.4 Å². The largest absolute Gasteiger partial charge is 0.396 e. The average Bonchev–Trinajstić information content (AvgIpc) is 2.82. The van der Waals surface area contributed by atoms with Crippen molar-refractivity contribution in [3.63, 3.8) is 0 Å². The van der Waals surface area contributed by atoms with Gasteiger partial charge in [-0.2, -0.15) is 0 Å². The summed E-state index contributed by atoms with van der Waals surface area (Å²) in [6, 6.07) is 7.97. The SMILES string of the molecule is Nc1c(C(=O)Nc2cccc(Cl)c2F)sc2cccnc12. The minimum absolute atomic E-state index is 0.0114. The molecule has 3 aromatic rings. The molecule has 3 rings (SSSR count). The Kier molecular flexibility index (Phi) is 3.48. The number of nitrogen functional groups attached to an aromatic ring is 1. The zero-order valence-electron chi connectivity index (χ0n) is 10.6. The number of rotatable bonds is 2. The standard InChI is InChI=1S/C14H9ClFN3OS/c15-7-3-1-4-8(10(7)16)19-14(20)13-11(17)12-9(21-13)5-2-6-18-12/h1-6H,17H2,(H,19,20). The summed E-state index contributed by atoms with van der Waals surface area (Å²) in [5.41, 5.74) is 6.80. The maximum atomic E-state index is 13.8. The molecule has 0 aliphatic heterocycles. The highest BCUT2D eigenvalue weighted by molar-refractivity contribution is 7.21. The summed E-state index contributed by atoms with van der Waals surface area (Å²) >= 11 is 6.89. The molecule has 1 amide bonds. The lowest BCUT2D eigenvalue weighted by molar-refractivity contribution is 0.103. The van der Waals surface area contributed by atoms with E-state index in [2.05, 4.69) is 10.3 Å². The third kappa shape index (κ3) is 2.43. The molecule has 0 saturated carbocycles. The summed E-state index contributed by atoms with van der Waals surface area (Å²) in [5.74, 6) is -1.16. The maximum Gasteiger partial charge on any atom is 0.268 e. The van der Waals surface area contributed by atoms with Crippen molar-refractivity contribution in [3.05, 3.63) is 52.2 Å². The number of pyridine rings is 1. The van der Waals surface area contributed by atoms with Crippen molar-refractivity contribution in [2.24, 2.45) is 0 Å². The minimum Gasteiger partial charge on any atom is -0.396 e. The van der Waals surface area contributed by atoms with E-state index in [1.165, 1.54) is 23.5 Å².